The molecule has 0 spiro atoms. The van der Waals surface area contributed by atoms with E-state index in [-0.39, 0.29) is 0 Å². The van der Waals surface area contributed by atoms with Crippen LogP contribution in [0.2, 0.25) is 0 Å². The molecule has 0 saturated carbocycles. The van der Waals surface area contributed by atoms with Crippen LogP contribution < -0.4 is 5.73 Å². The standard InChI is InChI=1S/C15H28N4/c1-13-3-8-18(9-4-13)12-7-17-15(16)19-10-5-14(2)6-11-19/h3,14H,4-12H2,1-2H3,(H2,16,17). The van der Waals surface area contributed by atoms with Crippen LogP contribution in [0.15, 0.2) is 16.6 Å². The molecule has 0 aromatic heterocycles. The number of aliphatic imine (C=N–C) groups is 1. The maximum atomic E-state index is 6.08. The topological polar surface area (TPSA) is 44.9 Å². The van der Waals surface area contributed by atoms with Crippen molar-refractivity contribution in [3.8, 4) is 0 Å². The van der Waals surface area contributed by atoms with E-state index in [9.17, 15) is 0 Å². The first-order valence-corrected chi connectivity index (χ1v) is 7.58. The fourth-order valence-electron chi connectivity index (χ4n) is 2.66. The zero-order valence-corrected chi connectivity index (χ0v) is 12.4. The number of piperidine rings is 1. The number of hydrogen-bond donors (Lipinski definition) is 1. The van der Waals surface area contributed by atoms with Gasteiger partial charge in [-0.1, -0.05) is 18.6 Å². The second-order valence-corrected chi connectivity index (χ2v) is 6.01. The van der Waals surface area contributed by atoms with Crippen molar-refractivity contribution in [2.24, 2.45) is 16.6 Å². The van der Waals surface area contributed by atoms with E-state index in [4.69, 9.17) is 5.73 Å². The minimum absolute atomic E-state index is 0.746. The molecule has 1 fully saturated rings. The highest BCUT2D eigenvalue weighted by atomic mass is 15.3. The van der Waals surface area contributed by atoms with Gasteiger partial charge in [0.1, 0.15) is 0 Å². The van der Waals surface area contributed by atoms with E-state index < -0.39 is 0 Å². The van der Waals surface area contributed by atoms with Gasteiger partial charge in [-0.3, -0.25) is 9.89 Å². The number of guanidine groups is 1. The molecule has 0 bridgehead atoms. The maximum Gasteiger partial charge on any atom is 0.191 e. The third-order valence-corrected chi connectivity index (χ3v) is 4.32. The van der Waals surface area contributed by atoms with Gasteiger partial charge in [-0.25, -0.2) is 0 Å². The molecule has 2 aliphatic rings. The van der Waals surface area contributed by atoms with Crippen molar-refractivity contribution in [3.05, 3.63) is 11.6 Å². The predicted octanol–water partition coefficient (Wildman–Crippen LogP) is 1.68. The summed E-state index contributed by atoms with van der Waals surface area (Å²) in [6.45, 7) is 10.8. The van der Waals surface area contributed by atoms with E-state index >= 15 is 0 Å². The van der Waals surface area contributed by atoms with E-state index in [0.717, 1.165) is 44.6 Å². The Kier molecular flexibility index (Phi) is 5.25. The molecule has 1 saturated heterocycles. The molecule has 19 heavy (non-hydrogen) atoms. The molecule has 2 rings (SSSR count). The van der Waals surface area contributed by atoms with Crippen LogP contribution in [0.25, 0.3) is 0 Å². The fourth-order valence-corrected chi connectivity index (χ4v) is 2.66. The van der Waals surface area contributed by atoms with Crippen LogP contribution in [-0.2, 0) is 0 Å². The predicted molar refractivity (Wildman–Crippen MR) is 81.3 cm³/mol. The summed E-state index contributed by atoms with van der Waals surface area (Å²) in [4.78, 5) is 9.23. The molecule has 2 aliphatic heterocycles. The van der Waals surface area contributed by atoms with Crippen molar-refractivity contribution in [3.63, 3.8) is 0 Å². The van der Waals surface area contributed by atoms with Gasteiger partial charge < -0.3 is 10.6 Å². The first-order valence-electron chi connectivity index (χ1n) is 7.58. The normalized spacial score (nSPS) is 23.6. The molecule has 0 aliphatic carbocycles. The Morgan fingerprint density at radius 3 is 2.74 bits per heavy atom. The van der Waals surface area contributed by atoms with Gasteiger partial charge >= 0.3 is 0 Å². The molecule has 4 nitrogen and oxygen atoms in total. The Balaban J connectivity index is 1.70. The highest BCUT2D eigenvalue weighted by molar-refractivity contribution is 5.78. The van der Waals surface area contributed by atoms with E-state index in [1.54, 1.807) is 0 Å². The van der Waals surface area contributed by atoms with Crippen molar-refractivity contribution >= 4 is 5.96 Å². The number of rotatable bonds is 3. The second kappa shape index (κ2) is 6.94. The summed E-state index contributed by atoms with van der Waals surface area (Å²) in [7, 11) is 0. The molecule has 0 radical (unpaired) electrons. The van der Waals surface area contributed by atoms with E-state index in [2.05, 4.69) is 34.7 Å². The SMILES string of the molecule is CC1=CCN(CCN=C(N)N2CCC(C)CC2)CC1. The van der Waals surface area contributed by atoms with Crippen LogP contribution in [0.4, 0.5) is 0 Å². The Hall–Kier alpha value is -1.03. The summed E-state index contributed by atoms with van der Waals surface area (Å²) in [5.41, 5.74) is 7.59. The van der Waals surface area contributed by atoms with Crippen molar-refractivity contribution < 1.29 is 0 Å². The van der Waals surface area contributed by atoms with Crippen LogP contribution >= 0.6 is 0 Å². The lowest BCUT2D eigenvalue weighted by atomic mass is 10.00. The monoisotopic (exact) mass is 264 g/mol. The average Bonchev–Trinajstić information content (AvgIpc) is 2.41. The highest BCUT2D eigenvalue weighted by Crippen LogP contribution is 2.15. The van der Waals surface area contributed by atoms with Gasteiger partial charge in [-0.05, 0) is 32.1 Å². The van der Waals surface area contributed by atoms with Gasteiger partial charge in [0.2, 0.25) is 0 Å². The van der Waals surface area contributed by atoms with Crippen molar-refractivity contribution in [2.75, 3.05) is 39.3 Å². The van der Waals surface area contributed by atoms with Gasteiger partial charge in [0.05, 0.1) is 6.54 Å². The quantitative estimate of drug-likeness (QED) is 0.479. The first-order chi connectivity index (χ1) is 9.15. The molecule has 0 unspecified atom stereocenters. The number of nitrogens with zero attached hydrogens (tertiary/aromatic N) is 3. The molecule has 0 atom stereocenters. The molecule has 2 heterocycles. The second-order valence-electron chi connectivity index (χ2n) is 6.01. The Bertz CT molecular complexity index is 340. The molecular weight excluding hydrogens is 236 g/mol. The van der Waals surface area contributed by atoms with Gasteiger partial charge in [0.15, 0.2) is 5.96 Å². The summed E-state index contributed by atoms with van der Waals surface area (Å²) >= 11 is 0. The third kappa shape index (κ3) is 4.53. The molecule has 2 N–H and O–H groups in total. The van der Waals surface area contributed by atoms with Crippen LogP contribution in [0, 0.1) is 5.92 Å². The lowest BCUT2D eigenvalue weighted by Gasteiger charge is -2.31. The zero-order valence-electron chi connectivity index (χ0n) is 12.4. The van der Waals surface area contributed by atoms with E-state index in [0.29, 0.717) is 0 Å². The summed E-state index contributed by atoms with van der Waals surface area (Å²) < 4.78 is 0. The molecule has 108 valence electrons. The Morgan fingerprint density at radius 2 is 2.11 bits per heavy atom. The smallest absolute Gasteiger partial charge is 0.191 e. The van der Waals surface area contributed by atoms with Crippen LogP contribution in [0.5, 0.6) is 0 Å². The molecular formula is C15H28N4. The first kappa shape index (κ1) is 14.4. The van der Waals surface area contributed by atoms with Gasteiger partial charge in [-0.2, -0.15) is 0 Å². The molecule has 0 aromatic rings. The molecule has 4 heteroatoms. The lowest BCUT2D eigenvalue weighted by molar-refractivity contribution is 0.275. The van der Waals surface area contributed by atoms with Crippen LogP contribution in [0.1, 0.15) is 33.1 Å². The van der Waals surface area contributed by atoms with Crippen molar-refractivity contribution in [2.45, 2.75) is 33.1 Å². The minimum atomic E-state index is 0.746. The highest BCUT2D eigenvalue weighted by Gasteiger charge is 2.17. The van der Waals surface area contributed by atoms with Crippen molar-refractivity contribution in [1.82, 2.24) is 9.80 Å². The number of likely N-dealkylation sites (tertiary alicyclic amines) is 1. The zero-order chi connectivity index (χ0) is 13.7. The van der Waals surface area contributed by atoms with E-state index in [1.807, 2.05) is 0 Å². The summed E-state index contributed by atoms with van der Waals surface area (Å²) in [5.74, 6) is 1.59. The summed E-state index contributed by atoms with van der Waals surface area (Å²) in [6.07, 6.45) is 6.00. The summed E-state index contributed by atoms with van der Waals surface area (Å²) in [6, 6.07) is 0. The third-order valence-electron chi connectivity index (χ3n) is 4.32. The Labute approximate surface area is 117 Å². The number of hydrogen-bond acceptors (Lipinski definition) is 2. The van der Waals surface area contributed by atoms with Crippen LogP contribution in [0.3, 0.4) is 0 Å². The van der Waals surface area contributed by atoms with Gasteiger partial charge in [0, 0.05) is 32.7 Å². The molecule has 0 amide bonds. The Morgan fingerprint density at radius 1 is 1.37 bits per heavy atom. The fraction of sp³-hybridized carbons (Fsp3) is 0.800. The largest absolute Gasteiger partial charge is 0.370 e. The lowest BCUT2D eigenvalue weighted by Crippen LogP contribution is -2.43. The van der Waals surface area contributed by atoms with Crippen molar-refractivity contribution in [1.29, 1.82) is 0 Å². The van der Waals surface area contributed by atoms with E-state index in [1.165, 1.54) is 31.4 Å². The van der Waals surface area contributed by atoms with Gasteiger partial charge in [0.25, 0.3) is 0 Å². The maximum absolute atomic E-state index is 6.08. The van der Waals surface area contributed by atoms with Crippen LogP contribution in [-0.4, -0.2) is 55.0 Å². The summed E-state index contributed by atoms with van der Waals surface area (Å²) in [5, 5.41) is 0. The minimum Gasteiger partial charge on any atom is -0.370 e. The molecule has 0 aromatic carbocycles. The average molecular weight is 264 g/mol. The van der Waals surface area contributed by atoms with Gasteiger partial charge in [-0.15, -0.1) is 0 Å². The number of nitrogens with two attached hydrogens (primary N) is 1.